The zero-order valence-corrected chi connectivity index (χ0v) is 22.7. The van der Waals surface area contributed by atoms with Crippen LogP contribution in [0.25, 0.3) is 5.69 Å². The smallest absolute Gasteiger partial charge is 0.324 e. The Morgan fingerprint density at radius 3 is 2.29 bits per heavy atom. The van der Waals surface area contributed by atoms with Crippen molar-refractivity contribution >= 4 is 46.6 Å². The fourth-order valence-electron chi connectivity index (χ4n) is 3.40. The highest BCUT2D eigenvalue weighted by Crippen LogP contribution is 2.30. The fourth-order valence-corrected chi connectivity index (χ4v) is 3.69. The highest BCUT2D eigenvalue weighted by atomic mass is 35.5. The SMILES string of the molecule is CNC(=O)c1cc(Oc2ccc(NC(=O)Nc3cc(C(C)(C)C)nn3-c3ccc(Cl)c(Cl)c3)cc2)ccn1. The molecule has 2 aromatic heterocycles. The molecule has 4 rings (SSSR count). The number of carbonyl (C=O) groups excluding carboxylic acids is 2. The summed E-state index contributed by atoms with van der Waals surface area (Å²) in [6, 6.07) is 16.5. The zero-order chi connectivity index (χ0) is 27.4. The number of hydrogen-bond acceptors (Lipinski definition) is 5. The van der Waals surface area contributed by atoms with E-state index < -0.39 is 6.03 Å². The van der Waals surface area contributed by atoms with Crippen LogP contribution in [0.1, 0.15) is 37.0 Å². The summed E-state index contributed by atoms with van der Waals surface area (Å²) in [5.74, 6) is 1.14. The molecule has 0 radical (unpaired) electrons. The van der Waals surface area contributed by atoms with Gasteiger partial charge in [0.1, 0.15) is 23.0 Å². The molecule has 2 aromatic carbocycles. The molecule has 0 fully saturated rings. The van der Waals surface area contributed by atoms with Crippen LogP contribution in [0.3, 0.4) is 0 Å². The Morgan fingerprint density at radius 1 is 0.895 bits per heavy atom. The third kappa shape index (κ3) is 6.42. The molecular weight excluding hydrogens is 527 g/mol. The van der Waals surface area contributed by atoms with E-state index >= 15 is 0 Å². The molecule has 0 aliphatic heterocycles. The zero-order valence-electron chi connectivity index (χ0n) is 21.2. The van der Waals surface area contributed by atoms with Gasteiger partial charge in [-0.3, -0.25) is 15.1 Å². The second-order valence-corrected chi connectivity index (χ2v) is 10.2. The number of rotatable bonds is 6. The van der Waals surface area contributed by atoms with Crippen LogP contribution >= 0.6 is 23.2 Å². The van der Waals surface area contributed by atoms with Crippen molar-refractivity contribution in [3.05, 3.63) is 88.3 Å². The number of urea groups is 1. The third-order valence-electron chi connectivity index (χ3n) is 5.41. The molecule has 0 spiro atoms. The van der Waals surface area contributed by atoms with Gasteiger partial charge < -0.3 is 15.4 Å². The van der Waals surface area contributed by atoms with Crippen LogP contribution in [-0.2, 0) is 5.41 Å². The molecule has 196 valence electrons. The van der Waals surface area contributed by atoms with Crippen molar-refractivity contribution in [1.82, 2.24) is 20.1 Å². The summed E-state index contributed by atoms with van der Waals surface area (Å²) in [6.45, 7) is 6.11. The molecule has 0 saturated heterocycles. The lowest BCUT2D eigenvalue weighted by Crippen LogP contribution is -2.21. The van der Waals surface area contributed by atoms with Crippen LogP contribution in [0.5, 0.6) is 11.5 Å². The van der Waals surface area contributed by atoms with Crippen LogP contribution in [0.4, 0.5) is 16.3 Å². The molecule has 0 saturated carbocycles. The molecule has 2 heterocycles. The van der Waals surface area contributed by atoms with Gasteiger partial charge in [0.2, 0.25) is 0 Å². The van der Waals surface area contributed by atoms with E-state index in [0.717, 1.165) is 5.69 Å². The maximum atomic E-state index is 12.9. The molecule has 11 heteroatoms. The number of benzene rings is 2. The fraction of sp³-hybridized carbons (Fsp3) is 0.185. The number of carbonyl (C=O) groups is 2. The molecule has 9 nitrogen and oxygen atoms in total. The molecular formula is C27H26Cl2N6O3. The monoisotopic (exact) mass is 552 g/mol. The first kappa shape index (κ1) is 27.0. The summed E-state index contributed by atoms with van der Waals surface area (Å²) in [4.78, 5) is 28.7. The number of halogens is 2. The highest BCUT2D eigenvalue weighted by molar-refractivity contribution is 6.42. The van der Waals surface area contributed by atoms with Gasteiger partial charge in [-0.2, -0.15) is 5.10 Å². The highest BCUT2D eigenvalue weighted by Gasteiger charge is 2.22. The summed E-state index contributed by atoms with van der Waals surface area (Å²) in [7, 11) is 1.53. The van der Waals surface area contributed by atoms with Gasteiger partial charge in [0.25, 0.3) is 5.91 Å². The number of ether oxygens (including phenoxy) is 1. The summed E-state index contributed by atoms with van der Waals surface area (Å²) >= 11 is 12.3. The maximum Gasteiger partial charge on any atom is 0.324 e. The summed E-state index contributed by atoms with van der Waals surface area (Å²) in [6.07, 6.45) is 1.49. The lowest BCUT2D eigenvalue weighted by atomic mass is 9.92. The van der Waals surface area contributed by atoms with E-state index in [-0.39, 0.29) is 17.0 Å². The molecule has 4 aromatic rings. The van der Waals surface area contributed by atoms with E-state index in [1.807, 2.05) is 26.8 Å². The minimum atomic E-state index is -0.454. The van der Waals surface area contributed by atoms with Crippen molar-refractivity contribution in [1.29, 1.82) is 0 Å². The molecule has 3 N–H and O–H groups in total. The average Bonchev–Trinajstić information content (AvgIpc) is 3.31. The number of anilines is 2. The van der Waals surface area contributed by atoms with E-state index in [1.54, 1.807) is 59.3 Å². The minimum absolute atomic E-state index is 0.245. The van der Waals surface area contributed by atoms with Crippen molar-refractivity contribution in [3.8, 4) is 17.2 Å². The quantitative estimate of drug-likeness (QED) is 0.247. The molecule has 3 amide bonds. The topological polar surface area (TPSA) is 110 Å². The Hall–Kier alpha value is -4.08. The maximum absolute atomic E-state index is 12.9. The van der Waals surface area contributed by atoms with Crippen LogP contribution in [0.15, 0.2) is 66.9 Å². The van der Waals surface area contributed by atoms with Crippen LogP contribution < -0.4 is 20.7 Å². The van der Waals surface area contributed by atoms with Crippen LogP contribution in [-0.4, -0.2) is 33.8 Å². The Labute approximate surface area is 230 Å². The van der Waals surface area contributed by atoms with Crippen molar-refractivity contribution < 1.29 is 14.3 Å². The predicted molar refractivity (Wildman–Crippen MR) is 149 cm³/mol. The Kier molecular flexibility index (Phi) is 7.89. The van der Waals surface area contributed by atoms with Gasteiger partial charge in [-0.1, -0.05) is 44.0 Å². The van der Waals surface area contributed by atoms with Gasteiger partial charge in [0, 0.05) is 36.5 Å². The average molecular weight is 553 g/mol. The minimum Gasteiger partial charge on any atom is -0.457 e. The van der Waals surface area contributed by atoms with E-state index in [4.69, 9.17) is 27.9 Å². The summed E-state index contributed by atoms with van der Waals surface area (Å²) in [5, 5.41) is 13.7. The molecule has 0 bridgehead atoms. The van der Waals surface area contributed by atoms with Crippen molar-refractivity contribution in [3.63, 3.8) is 0 Å². The summed E-state index contributed by atoms with van der Waals surface area (Å²) in [5.41, 5.74) is 1.99. The largest absolute Gasteiger partial charge is 0.457 e. The molecule has 0 unspecified atom stereocenters. The standard InChI is InChI=1S/C27H26Cl2N6O3/c1-27(2,3)23-15-24(35(34-23)17-7-10-20(28)21(29)13-17)33-26(37)32-16-5-8-18(9-6-16)38-19-11-12-31-22(14-19)25(36)30-4/h5-15H,1-4H3,(H,30,36)(H2,32,33,37). The predicted octanol–water partition coefficient (Wildman–Crippen LogP) is 6.67. The number of hydrogen-bond donors (Lipinski definition) is 3. The lowest BCUT2D eigenvalue weighted by molar-refractivity contribution is 0.0958. The first-order valence-electron chi connectivity index (χ1n) is 11.6. The van der Waals surface area contributed by atoms with Gasteiger partial charge in [-0.05, 0) is 48.5 Å². The van der Waals surface area contributed by atoms with E-state index in [1.165, 1.54) is 13.2 Å². The summed E-state index contributed by atoms with van der Waals surface area (Å²) < 4.78 is 7.42. The number of amides is 3. The van der Waals surface area contributed by atoms with Gasteiger partial charge in [0.05, 0.1) is 21.4 Å². The van der Waals surface area contributed by atoms with Gasteiger partial charge in [-0.15, -0.1) is 0 Å². The number of pyridine rings is 1. The van der Waals surface area contributed by atoms with Crippen molar-refractivity contribution in [2.75, 3.05) is 17.7 Å². The molecule has 38 heavy (non-hydrogen) atoms. The van der Waals surface area contributed by atoms with Crippen molar-refractivity contribution in [2.24, 2.45) is 0 Å². The van der Waals surface area contributed by atoms with Gasteiger partial charge in [0.15, 0.2) is 0 Å². The molecule has 0 atom stereocenters. The first-order valence-corrected chi connectivity index (χ1v) is 12.4. The second kappa shape index (κ2) is 11.1. The molecule has 0 aliphatic carbocycles. The first-order chi connectivity index (χ1) is 18.0. The number of nitrogens with one attached hydrogen (secondary N) is 3. The lowest BCUT2D eigenvalue weighted by Gasteiger charge is -2.14. The van der Waals surface area contributed by atoms with Crippen molar-refractivity contribution in [2.45, 2.75) is 26.2 Å². The Bertz CT molecular complexity index is 1480. The van der Waals surface area contributed by atoms with Gasteiger partial charge in [-0.25, -0.2) is 9.48 Å². The second-order valence-electron chi connectivity index (χ2n) is 9.34. The number of nitrogens with zero attached hydrogens (tertiary/aromatic N) is 3. The van der Waals surface area contributed by atoms with Crippen LogP contribution in [0, 0.1) is 0 Å². The van der Waals surface area contributed by atoms with E-state index in [9.17, 15) is 9.59 Å². The normalized spacial score (nSPS) is 11.1. The van der Waals surface area contributed by atoms with Crippen LogP contribution in [0.2, 0.25) is 10.0 Å². The third-order valence-corrected chi connectivity index (χ3v) is 6.15. The van der Waals surface area contributed by atoms with Gasteiger partial charge >= 0.3 is 6.03 Å². The Morgan fingerprint density at radius 2 is 1.63 bits per heavy atom. The number of aromatic nitrogens is 3. The molecule has 0 aliphatic rings. The Balaban J connectivity index is 1.48. The van der Waals surface area contributed by atoms with E-state index in [2.05, 4.69) is 26.0 Å². The van der Waals surface area contributed by atoms with E-state index in [0.29, 0.717) is 38.7 Å².